The quantitative estimate of drug-likeness (QED) is 0.461. The summed E-state index contributed by atoms with van der Waals surface area (Å²) >= 11 is 0. The highest BCUT2D eigenvalue weighted by Gasteiger charge is 2.12. The van der Waals surface area contributed by atoms with Crippen molar-refractivity contribution in [3.05, 3.63) is 0 Å². The monoisotopic (exact) mass is 314 g/mol. The number of ketones is 1. The van der Waals surface area contributed by atoms with Crippen LogP contribution in [0.1, 0.15) is 53.4 Å². The fourth-order valence-corrected chi connectivity index (χ4v) is 2.33. The van der Waals surface area contributed by atoms with E-state index in [1.807, 2.05) is 13.8 Å². The number of hydrogen-bond acceptors (Lipinski definition) is 5. The van der Waals surface area contributed by atoms with E-state index in [2.05, 4.69) is 23.6 Å². The SMILES string of the molecule is CCCC(=O)CCN(CCC(=O)OCC)CCN(CC)CC. The summed E-state index contributed by atoms with van der Waals surface area (Å²) in [6.07, 6.45) is 2.53. The number of rotatable bonds is 14. The van der Waals surface area contributed by atoms with Gasteiger partial charge in [-0.2, -0.15) is 0 Å². The number of hydrogen-bond donors (Lipinski definition) is 0. The van der Waals surface area contributed by atoms with Gasteiger partial charge in [0, 0.05) is 39.0 Å². The molecule has 0 aromatic carbocycles. The number of carbonyl (C=O) groups is 2. The van der Waals surface area contributed by atoms with Crippen molar-refractivity contribution < 1.29 is 14.3 Å². The standard InChI is InChI=1S/C17H34N2O3/c1-5-9-16(20)10-12-19(13-11-17(21)22-8-4)15-14-18(6-2)7-3/h5-15H2,1-4H3. The molecule has 5 heteroatoms. The van der Waals surface area contributed by atoms with Crippen molar-refractivity contribution in [3.8, 4) is 0 Å². The zero-order chi connectivity index (χ0) is 16.8. The normalized spacial score (nSPS) is 11.2. The molecule has 0 radical (unpaired) electrons. The molecule has 0 bridgehead atoms. The Bertz CT molecular complexity index is 282. The summed E-state index contributed by atoms with van der Waals surface area (Å²) in [6, 6.07) is 0. The van der Waals surface area contributed by atoms with Crippen molar-refractivity contribution in [1.82, 2.24) is 9.80 Å². The molecular formula is C17H34N2O3. The molecule has 0 saturated heterocycles. The summed E-state index contributed by atoms with van der Waals surface area (Å²) < 4.78 is 4.98. The molecule has 0 unspecified atom stereocenters. The Morgan fingerprint density at radius 3 is 1.91 bits per heavy atom. The van der Waals surface area contributed by atoms with Gasteiger partial charge in [0.25, 0.3) is 0 Å². The lowest BCUT2D eigenvalue weighted by Gasteiger charge is -2.26. The van der Waals surface area contributed by atoms with Crippen molar-refractivity contribution in [2.45, 2.75) is 53.4 Å². The number of nitrogens with zero attached hydrogens (tertiary/aromatic N) is 2. The summed E-state index contributed by atoms with van der Waals surface area (Å²) in [5.41, 5.74) is 0. The van der Waals surface area contributed by atoms with E-state index in [1.165, 1.54) is 0 Å². The van der Waals surface area contributed by atoms with E-state index in [0.29, 0.717) is 38.2 Å². The van der Waals surface area contributed by atoms with Crippen molar-refractivity contribution in [2.75, 3.05) is 45.9 Å². The van der Waals surface area contributed by atoms with E-state index in [-0.39, 0.29) is 5.97 Å². The molecule has 130 valence electrons. The van der Waals surface area contributed by atoms with E-state index in [4.69, 9.17) is 4.74 Å². The molecule has 0 fully saturated rings. The van der Waals surface area contributed by atoms with Crippen LogP contribution in [0.15, 0.2) is 0 Å². The number of ether oxygens (including phenoxy) is 1. The van der Waals surface area contributed by atoms with Crippen LogP contribution in [-0.2, 0) is 14.3 Å². The molecule has 0 saturated carbocycles. The molecule has 0 aromatic rings. The molecule has 0 rings (SSSR count). The minimum atomic E-state index is -0.157. The van der Waals surface area contributed by atoms with Crippen LogP contribution in [0, 0.1) is 0 Å². The molecule has 0 N–H and O–H groups in total. The summed E-state index contributed by atoms with van der Waals surface area (Å²) in [7, 11) is 0. The molecule has 0 amide bonds. The Balaban J connectivity index is 4.29. The van der Waals surface area contributed by atoms with Crippen LogP contribution in [-0.4, -0.2) is 67.4 Å². The first-order chi connectivity index (χ1) is 10.6. The molecule has 0 spiro atoms. The minimum absolute atomic E-state index is 0.157. The van der Waals surface area contributed by atoms with Crippen LogP contribution in [0.3, 0.4) is 0 Å². The van der Waals surface area contributed by atoms with E-state index in [1.54, 1.807) is 0 Å². The van der Waals surface area contributed by atoms with Crippen LogP contribution in [0.4, 0.5) is 0 Å². The van der Waals surface area contributed by atoms with Crippen molar-refractivity contribution in [2.24, 2.45) is 0 Å². The van der Waals surface area contributed by atoms with Gasteiger partial charge in [0.05, 0.1) is 13.0 Å². The summed E-state index contributed by atoms with van der Waals surface area (Å²) in [4.78, 5) is 27.8. The van der Waals surface area contributed by atoms with E-state index >= 15 is 0 Å². The molecule has 0 aliphatic heterocycles. The average Bonchev–Trinajstić information content (AvgIpc) is 2.50. The molecule has 0 atom stereocenters. The van der Waals surface area contributed by atoms with Crippen LogP contribution in [0.25, 0.3) is 0 Å². The van der Waals surface area contributed by atoms with Crippen molar-refractivity contribution in [1.29, 1.82) is 0 Å². The maximum atomic E-state index is 11.7. The Labute approximate surface area is 136 Å². The Kier molecular flexibility index (Phi) is 13.1. The predicted octanol–water partition coefficient (Wildman–Crippen LogP) is 2.34. The van der Waals surface area contributed by atoms with Crippen LogP contribution >= 0.6 is 0 Å². The largest absolute Gasteiger partial charge is 0.466 e. The van der Waals surface area contributed by atoms with Gasteiger partial charge in [-0.3, -0.25) is 9.59 Å². The third-order valence-electron chi connectivity index (χ3n) is 3.80. The third-order valence-corrected chi connectivity index (χ3v) is 3.80. The highest BCUT2D eigenvalue weighted by Crippen LogP contribution is 2.01. The van der Waals surface area contributed by atoms with Gasteiger partial charge < -0.3 is 14.5 Å². The second-order valence-corrected chi connectivity index (χ2v) is 5.46. The fourth-order valence-electron chi connectivity index (χ4n) is 2.33. The van der Waals surface area contributed by atoms with Crippen LogP contribution < -0.4 is 0 Å². The molecule has 22 heavy (non-hydrogen) atoms. The summed E-state index contributed by atoms with van der Waals surface area (Å²) in [6.45, 7) is 13.9. The lowest BCUT2D eigenvalue weighted by Crippen LogP contribution is -2.37. The van der Waals surface area contributed by atoms with Gasteiger partial charge in [0.2, 0.25) is 0 Å². The molecular weight excluding hydrogens is 280 g/mol. The first-order valence-electron chi connectivity index (χ1n) is 8.69. The smallest absolute Gasteiger partial charge is 0.307 e. The van der Waals surface area contributed by atoms with Gasteiger partial charge in [0.1, 0.15) is 5.78 Å². The van der Waals surface area contributed by atoms with E-state index in [0.717, 1.165) is 39.1 Å². The number of likely N-dealkylation sites (N-methyl/N-ethyl adjacent to an activating group) is 1. The second-order valence-electron chi connectivity index (χ2n) is 5.46. The summed E-state index contributed by atoms with van der Waals surface area (Å²) in [5.74, 6) is 0.154. The van der Waals surface area contributed by atoms with Gasteiger partial charge in [0.15, 0.2) is 0 Å². The van der Waals surface area contributed by atoms with Gasteiger partial charge in [-0.15, -0.1) is 0 Å². The van der Waals surface area contributed by atoms with Crippen LogP contribution in [0.2, 0.25) is 0 Å². The second kappa shape index (κ2) is 13.7. The third kappa shape index (κ3) is 10.7. The number of esters is 1. The van der Waals surface area contributed by atoms with Crippen molar-refractivity contribution in [3.63, 3.8) is 0 Å². The van der Waals surface area contributed by atoms with Gasteiger partial charge in [-0.25, -0.2) is 0 Å². The highest BCUT2D eigenvalue weighted by molar-refractivity contribution is 5.78. The first-order valence-corrected chi connectivity index (χ1v) is 8.69. The predicted molar refractivity (Wildman–Crippen MR) is 90.0 cm³/mol. The lowest BCUT2D eigenvalue weighted by molar-refractivity contribution is -0.143. The molecule has 0 aromatic heterocycles. The maximum absolute atomic E-state index is 11.7. The van der Waals surface area contributed by atoms with Crippen LogP contribution in [0.5, 0.6) is 0 Å². The van der Waals surface area contributed by atoms with Gasteiger partial charge in [-0.05, 0) is 26.4 Å². The van der Waals surface area contributed by atoms with E-state index < -0.39 is 0 Å². The average molecular weight is 314 g/mol. The molecule has 5 nitrogen and oxygen atoms in total. The fraction of sp³-hybridized carbons (Fsp3) is 0.882. The Morgan fingerprint density at radius 1 is 0.773 bits per heavy atom. The molecule has 0 heterocycles. The number of Topliss-reactive ketones (excluding diaryl/α,β-unsaturated/α-hetero) is 1. The highest BCUT2D eigenvalue weighted by atomic mass is 16.5. The Hall–Kier alpha value is -0.940. The topological polar surface area (TPSA) is 49.9 Å². The zero-order valence-electron chi connectivity index (χ0n) is 14.9. The number of carbonyl (C=O) groups excluding carboxylic acids is 2. The molecule has 0 aliphatic carbocycles. The molecule has 0 aliphatic rings. The first kappa shape index (κ1) is 21.1. The van der Waals surface area contributed by atoms with Gasteiger partial charge in [-0.1, -0.05) is 20.8 Å². The van der Waals surface area contributed by atoms with E-state index in [9.17, 15) is 9.59 Å². The zero-order valence-corrected chi connectivity index (χ0v) is 14.9. The lowest BCUT2D eigenvalue weighted by atomic mass is 10.1. The maximum Gasteiger partial charge on any atom is 0.307 e. The minimum Gasteiger partial charge on any atom is -0.466 e. The Morgan fingerprint density at radius 2 is 1.36 bits per heavy atom. The van der Waals surface area contributed by atoms with Crippen molar-refractivity contribution >= 4 is 11.8 Å². The summed E-state index contributed by atoms with van der Waals surface area (Å²) in [5, 5.41) is 0. The van der Waals surface area contributed by atoms with Gasteiger partial charge >= 0.3 is 5.97 Å².